The van der Waals surface area contributed by atoms with Gasteiger partial charge in [0.25, 0.3) is 0 Å². The van der Waals surface area contributed by atoms with E-state index in [4.69, 9.17) is 10.5 Å². The van der Waals surface area contributed by atoms with E-state index in [1.165, 1.54) is 0 Å². The second-order valence-electron chi connectivity index (χ2n) is 3.92. The SMILES string of the molecule is CCOCCN(CC)c1c(N)c(C)nn1CC. The number of likely N-dealkylation sites (N-methyl/N-ethyl adjacent to an activating group) is 1. The van der Waals surface area contributed by atoms with E-state index in [0.29, 0.717) is 0 Å². The molecule has 1 aromatic rings. The van der Waals surface area contributed by atoms with Crippen molar-refractivity contribution in [1.29, 1.82) is 0 Å². The second kappa shape index (κ2) is 6.49. The molecule has 0 spiro atoms. The highest BCUT2D eigenvalue weighted by molar-refractivity contribution is 5.66. The summed E-state index contributed by atoms with van der Waals surface area (Å²) in [6.45, 7) is 12.2. The minimum absolute atomic E-state index is 0.720. The molecule has 1 aromatic heterocycles. The highest BCUT2D eigenvalue weighted by Crippen LogP contribution is 2.26. The molecule has 1 heterocycles. The van der Waals surface area contributed by atoms with Gasteiger partial charge in [0, 0.05) is 26.2 Å². The first-order valence-corrected chi connectivity index (χ1v) is 6.31. The lowest BCUT2D eigenvalue weighted by Gasteiger charge is -2.24. The van der Waals surface area contributed by atoms with Gasteiger partial charge >= 0.3 is 0 Å². The number of aryl methyl sites for hydroxylation is 2. The molecule has 98 valence electrons. The maximum atomic E-state index is 6.09. The van der Waals surface area contributed by atoms with E-state index < -0.39 is 0 Å². The van der Waals surface area contributed by atoms with E-state index in [1.807, 2.05) is 18.5 Å². The summed E-state index contributed by atoms with van der Waals surface area (Å²) in [5.74, 6) is 1.02. The van der Waals surface area contributed by atoms with Crippen LogP contribution in [-0.2, 0) is 11.3 Å². The Labute approximate surface area is 104 Å². The average Bonchev–Trinajstić information content (AvgIpc) is 2.62. The molecule has 0 bridgehead atoms. The number of nitrogens with two attached hydrogens (primary N) is 1. The third-order valence-electron chi connectivity index (χ3n) is 2.84. The van der Waals surface area contributed by atoms with Crippen molar-refractivity contribution in [3.8, 4) is 0 Å². The predicted octanol–water partition coefficient (Wildman–Crippen LogP) is 1.66. The summed E-state index contributed by atoms with van der Waals surface area (Å²) in [6, 6.07) is 0. The summed E-state index contributed by atoms with van der Waals surface area (Å²) in [4.78, 5) is 2.22. The molecule has 0 fully saturated rings. The summed E-state index contributed by atoms with van der Waals surface area (Å²) in [5.41, 5.74) is 7.78. The van der Waals surface area contributed by atoms with Crippen LogP contribution in [0.4, 0.5) is 11.5 Å². The fourth-order valence-corrected chi connectivity index (χ4v) is 1.87. The van der Waals surface area contributed by atoms with Crippen molar-refractivity contribution in [3.63, 3.8) is 0 Å². The van der Waals surface area contributed by atoms with Gasteiger partial charge in [-0.2, -0.15) is 5.10 Å². The van der Waals surface area contributed by atoms with Gasteiger partial charge in [0.2, 0.25) is 0 Å². The molecule has 5 heteroatoms. The second-order valence-corrected chi connectivity index (χ2v) is 3.92. The van der Waals surface area contributed by atoms with Crippen molar-refractivity contribution in [2.24, 2.45) is 0 Å². The number of aromatic nitrogens is 2. The smallest absolute Gasteiger partial charge is 0.150 e. The maximum absolute atomic E-state index is 6.09. The number of nitrogen functional groups attached to an aromatic ring is 1. The largest absolute Gasteiger partial charge is 0.394 e. The van der Waals surface area contributed by atoms with Crippen molar-refractivity contribution in [2.45, 2.75) is 34.2 Å². The van der Waals surface area contributed by atoms with Crippen LogP contribution in [0.5, 0.6) is 0 Å². The van der Waals surface area contributed by atoms with Crippen molar-refractivity contribution in [2.75, 3.05) is 36.9 Å². The zero-order valence-corrected chi connectivity index (χ0v) is 11.4. The van der Waals surface area contributed by atoms with E-state index in [0.717, 1.165) is 50.0 Å². The summed E-state index contributed by atoms with van der Waals surface area (Å²) >= 11 is 0. The molecule has 0 atom stereocenters. The Morgan fingerprint density at radius 3 is 2.59 bits per heavy atom. The van der Waals surface area contributed by atoms with Crippen LogP contribution in [0.15, 0.2) is 0 Å². The molecule has 5 nitrogen and oxygen atoms in total. The molecule has 0 aromatic carbocycles. The lowest BCUT2D eigenvalue weighted by Crippen LogP contribution is -2.30. The molecule has 0 saturated carbocycles. The number of ether oxygens (including phenoxy) is 1. The van der Waals surface area contributed by atoms with Crippen LogP contribution in [0.1, 0.15) is 26.5 Å². The molecule has 0 amide bonds. The van der Waals surface area contributed by atoms with Crippen molar-refractivity contribution >= 4 is 11.5 Å². The van der Waals surface area contributed by atoms with Crippen LogP contribution >= 0.6 is 0 Å². The molecule has 0 aliphatic carbocycles. The number of hydrogen-bond acceptors (Lipinski definition) is 4. The number of hydrogen-bond donors (Lipinski definition) is 1. The monoisotopic (exact) mass is 240 g/mol. The molecule has 1 rings (SSSR count). The zero-order valence-electron chi connectivity index (χ0n) is 11.4. The minimum Gasteiger partial charge on any atom is -0.394 e. The lowest BCUT2D eigenvalue weighted by atomic mass is 10.3. The Balaban J connectivity index is 2.86. The Morgan fingerprint density at radius 2 is 2.06 bits per heavy atom. The summed E-state index contributed by atoms with van der Waals surface area (Å²) in [5, 5.41) is 4.43. The van der Waals surface area contributed by atoms with E-state index in [2.05, 4.69) is 23.8 Å². The van der Waals surface area contributed by atoms with Crippen LogP contribution < -0.4 is 10.6 Å². The van der Waals surface area contributed by atoms with E-state index in [9.17, 15) is 0 Å². The molecular formula is C12H24N4O. The van der Waals surface area contributed by atoms with Gasteiger partial charge in [-0.25, -0.2) is 4.68 Å². The van der Waals surface area contributed by atoms with Gasteiger partial charge in [-0.05, 0) is 27.7 Å². The molecule has 0 saturated heterocycles. The Bertz CT molecular complexity index is 349. The molecule has 2 N–H and O–H groups in total. The fraction of sp³-hybridized carbons (Fsp3) is 0.750. The van der Waals surface area contributed by atoms with Gasteiger partial charge in [0.15, 0.2) is 5.82 Å². The van der Waals surface area contributed by atoms with Gasteiger partial charge in [-0.15, -0.1) is 0 Å². The third kappa shape index (κ3) is 3.12. The van der Waals surface area contributed by atoms with Gasteiger partial charge in [-0.3, -0.25) is 0 Å². The van der Waals surface area contributed by atoms with E-state index in [1.54, 1.807) is 0 Å². The maximum Gasteiger partial charge on any atom is 0.150 e. The van der Waals surface area contributed by atoms with Crippen LogP contribution in [0.2, 0.25) is 0 Å². The fourth-order valence-electron chi connectivity index (χ4n) is 1.87. The van der Waals surface area contributed by atoms with Gasteiger partial charge in [0.05, 0.1) is 18.0 Å². The van der Waals surface area contributed by atoms with Crippen LogP contribution in [0.3, 0.4) is 0 Å². The predicted molar refractivity (Wildman–Crippen MR) is 71.4 cm³/mol. The van der Waals surface area contributed by atoms with Crippen molar-refractivity contribution < 1.29 is 4.74 Å². The molecule has 17 heavy (non-hydrogen) atoms. The molecule has 0 radical (unpaired) electrons. The first kappa shape index (κ1) is 13.8. The first-order valence-electron chi connectivity index (χ1n) is 6.31. The lowest BCUT2D eigenvalue weighted by molar-refractivity contribution is 0.153. The zero-order chi connectivity index (χ0) is 12.8. The molecule has 0 aliphatic rings. The molecular weight excluding hydrogens is 216 g/mol. The van der Waals surface area contributed by atoms with Crippen molar-refractivity contribution in [1.82, 2.24) is 9.78 Å². The first-order chi connectivity index (χ1) is 8.15. The molecule has 0 aliphatic heterocycles. The summed E-state index contributed by atoms with van der Waals surface area (Å²) < 4.78 is 7.35. The standard InChI is InChI=1S/C12H24N4O/c1-5-15(8-9-17-7-3)12-11(13)10(4)14-16(12)6-2/h5-9,13H2,1-4H3. The van der Waals surface area contributed by atoms with Crippen LogP contribution in [0.25, 0.3) is 0 Å². The van der Waals surface area contributed by atoms with Crippen LogP contribution in [0, 0.1) is 6.92 Å². The Kier molecular flexibility index (Phi) is 5.28. The Morgan fingerprint density at radius 1 is 1.35 bits per heavy atom. The minimum atomic E-state index is 0.720. The quantitative estimate of drug-likeness (QED) is 0.736. The summed E-state index contributed by atoms with van der Waals surface area (Å²) in [7, 11) is 0. The third-order valence-corrected chi connectivity index (χ3v) is 2.84. The number of nitrogens with zero attached hydrogens (tertiary/aromatic N) is 3. The normalized spacial score (nSPS) is 10.8. The number of anilines is 2. The average molecular weight is 240 g/mol. The van der Waals surface area contributed by atoms with E-state index in [-0.39, 0.29) is 0 Å². The van der Waals surface area contributed by atoms with E-state index >= 15 is 0 Å². The Hall–Kier alpha value is -1.23. The van der Waals surface area contributed by atoms with Crippen LogP contribution in [-0.4, -0.2) is 36.1 Å². The topological polar surface area (TPSA) is 56.3 Å². The highest BCUT2D eigenvalue weighted by atomic mass is 16.5. The number of rotatable bonds is 7. The summed E-state index contributed by atoms with van der Waals surface area (Å²) in [6.07, 6.45) is 0. The highest BCUT2D eigenvalue weighted by Gasteiger charge is 2.16. The van der Waals surface area contributed by atoms with Crippen molar-refractivity contribution in [3.05, 3.63) is 5.69 Å². The van der Waals surface area contributed by atoms with Gasteiger partial charge in [-0.1, -0.05) is 0 Å². The van der Waals surface area contributed by atoms with Gasteiger partial charge in [0.1, 0.15) is 0 Å². The molecule has 0 unspecified atom stereocenters. The van der Waals surface area contributed by atoms with Gasteiger partial charge < -0.3 is 15.4 Å².